The molecule has 0 aliphatic carbocycles. The summed E-state index contributed by atoms with van der Waals surface area (Å²) in [5, 5.41) is 15.6. The molecule has 0 fully saturated rings. The number of benzene rings is 3. The first kappa shape index (κ1) is 18.1. The third-order valence-electron chi connectivity index (χ3n) is 4.48. The fourth-order valence-corrected chi connectivity index (χ4v) is 3.12. The van der Waals surface area contributed by atoms with Gasteiger partial charge in [-0.15, -0.1) is 0 Å². The number of H-pyrrole nitrogens is 1. The number of non-ortho nitro benzene ring substituents is 1. The van der Waals surface area contributed by atoms with E-state index in [1.807, 2.05) is 54.6 Å². The van der Waals surface area contributed by atoms with Gasteiger partial charge < -0.3 is 4.98 Å². The second-order valence-corrected chi connectivity index (χ2v) is 6.33. The Hall–Kier alpha value is -4.26. The van der Waals surface area contributed by atoms with Crippen molar-refractivity contribution < 1.29 is 9.72 Å². The number of hydrogen-bond donors (Lipinski definition) is 2. The van der Waals surface area contributed by atoms with E-state index < -0.39 is 4.92 Å². The Balaban J connectivity index is 1.61. The van der Waals surface area contributed by atoms with E-state index in [0.29, 0.717) is 11.3 Å². The summed E-state index contributed by atoms with van der Waals surface area (Å²) < 4.78 is 0. The molecule has 0 aliphatic rings. The topological polar surface area (TPSA) is 100 Å². The van der Waals surface area contributed by atoms with Gasteiger partial charge in [0.25, 0.3) is 11.6 Å². The van der Waals surface area contributed by atoms with Crippen LogP contribution >= 0.6 is 0 Å². The van der Waals surface area contributed by atoms with Crippen LogP contribution < -0.4 is 5.43 Å². The van der Waals surface area contributed by atoms with Gasteiger partial charge >= 0.3 is 0 Å². The molecule has 7 heteroatoms. The minimum atomic E-state index is -0.469. The summed E-state index contributed by atoms with van der Waals surface area (Å²) in [4.78, 5) is 26.2. The summed E-state index contributed by atoms with van der Waals surface area (Å²) in [7, 11) is 0. The maximum atomic E-state index is 12.8. The monoisotopic (exact) mass is 384 g/mol. The standard InChI is InChI=1S/C22H16N4O3/c27-22(25-23-14-15-10-12-17(13-11-15)26(28)29)21-20(16-6-2-1-3-7-16)18-8-4-5-9-19(18)24-21/h1-14,24H,(H,25,27). The zero-order chi connectivity index (χ0) is 20.2. The van der Waals surface area contributed by atoms with Gasteiger partial charge in [0.05, 0.1) is 11.1 Å². The van der Waals surface area contributed by atoms with Crippen molar-refractivity contribution in [3.05, 3.63) is 100 Å². The number of nitrogens with zero attached hydrogens (tertiary/aromatic N) is 2. The van der Waals surface area contributed by atoms with Crippen LogP contribution in [0.15, 0.2) is 84.0 Å². The first-order chi connectivity index (χ1) is 14.1. The van der Waals surface area contributed by atoms with Crippen LogP contribution in [0, 0.1) is 10.1 Å². The highest BCUT2D eigenvalue weighted by Gasteiger charge is 2.18. The minimum Gasteiger partial charge on any atom is -0.350 e. The molecular formula is C22H16N4O3. The van der Waals surface area contributed by atoms with Crippen LogP contribution in [0.4, 0.5) is 5.69 Å². The number of para-hydroxylation sites is 1. The number of carbonyl (C=O) groups is 1. The van der Waals surface area contributed by atoms with Gasteiger partial charge in [0.2, 0.25) is 0 Å². The number of aromatic amines is 1. The quantitative estimate of drug-likeness (QED) is 0.301. The van der Waals surface area contributed by atoms with Crippen molar-refractivity contribution in [3.63, 3.8) is 0 Å². The molecule has 3 aromatic carbocycles. The van der Waals surface area contributed by atoms with Gasteiger partial charge in [-0.1, -0.05) is 48.5 Å². The molecule has 0 aliphatic heterocycles. The van der Waals surface area contributed by atoms with Crippen molar-refractivity contribution in [2.45, 2.75) is 0 Å². The highest BCUT2D eigenvalue weighted by molar-refractivity contribution is 6.09. The number of fused-ring (bicyclic) bond motifs is 1. The van der Waals surface area contributed by atoms with Crippen LogP contribution in [0.3, 0.4) is 0 Å². The van der Waals surface area contributed by atoms with Gasteiger partial charge in [-0.3, -0.25) is 14.9 Å². The van der Waals surface area contributed by atoms with E-state index in [0.717, 1.165) is 22.0 Å². The molecule has 0 radical (unpaired) electrons. The molecule has 0 bridgehead atoms. The van der Waals surface area contributed by atoms with Gasteiger partial charge in [0, 0.05) is 28.6 Å². The van der Waals surface area contributed by atoms with Crippen LogP contribution in [-0.2, 0) is 0 Å². The molecule has 142 valence electrons. The lowest BCUT2D eigenvalue weighted by molar-refractivity contribution is -0.384. The normalized spacial score (nSPS) is 11.0. The molecule has 0 unspecified atom stereocenters. The Morgan fingerprint density at radius 2 is 1.66 bits per heavy atom. The summed E-state index contributed by atoms with van der Waals surface area (Å²) in [5.41, 5.74) is 6.16. The Kier molecular flexibility index (Phi) is 4.86. The van der Waals surface area contributed by atoms with E-state index in [1.54, 1.807) is 12.1 Å². The second-order valence-electron chi connectivity index (χ2n) is 6.33. The maximum Gasteiger partial charge on any atom is 0.288 e. The number of hydrogen-bond acceptors (Lipinski definition) is 4. The van der Waals surface area contributed by atoms with Crippen LogP contribution in [-0.4, -0.2) is 22.0 Å². The van der Waals surface area contributed by atoms with E-state index in [4.69, 9.17) is 0 Å². The molecule has 1 aromatic heterocycles. The van der Waals surface area contributed by atoms with Crippen LogP contribution in [0.5, 0.6) is 0 Å². The average Bonchev–Trinajstić information content (AvgIpc) is 3.14. The number of carbonyl (C=O) groups excluding carboxylic acids is 1. The largest absolute Gasteiger partial charge is 0.350 e. The summed E-state index contributed by atoms with van der Waals surface area (Å²) in [6.45, 7) is 0. The maximum absolute atomic E-state index is 12.8. The van der Waals surface area contributed by atoms with Gasteiger partial charge in [-0.25, -0.2) is 5.43 Å². The zero-order valence-electron chi connectivity index (χ0n) is 15.2. The number of rotatable bonds is 5. The van der Waals surface area contributed by atoms with Crippen molar-refractivity contribution in [2.24, 2.45) is 5.10 Å². The first-order valence-electron chi connectivity index (χ1n) is 8.87. The van der Waals surface area contributed by atoms with Crippen LogP contribution in [0.1, 0.15) is 16.1 Å². The van der Waals surface area contributed by atoms with E-state index in [-0.39, 0.29) is 11.6 Å². The van der Waals surface area contributed by atoms with E-state index in [2.05, 4.69) is 15.5 Å². The Labute approximate surface area is 165 Å². The molecule has 2 N–H and O–H groups in total. The van der Waals surface area contributed by atoms with Crippen molar-refractivity contribution in [1.82, 2.24) is 10.4 Å². The minimum absolute atomic E-state index is 0.00300. The lowest BCUT2D eigenvalue weighted by Gasteiger charge is -2.04. The zero-order valence-corrected chi connectivity index (χ0v) is 15.2. The molecule has 4 aromatic rings. The van der Waals surface area contributed by atoms with Crippen molar-refractivity contribution in [3.8, 4) is 11.1 Å². The number of amides is 1. The van der Waals surface area contributed by atoms with Crippen molar-refractivity contribution in [2.75, 3.05) is 0 Å². The summed E-state index contributed by atoms with van der Waals surface area (Å²) in [6, 6.07) is 23.3. The van der Waals surface area contributed by atoms with Crippen LogP contribution in [0.25, 0.3) is 22.0 Å². The van der Waals surface area contributed by atoms with Gasteiger partial charge in [-0.05, 0) is 29.3 Å². The lowest BCUT2D eigenvalue weighted by atomic mass is 10.0. The van der Waals surface area contributed by atoms with Gasteiger partial charge in [0.1, 0.15) is 5.69 Å². The van der Waals surface area contributed by atoms with Crippen molar-refractivity contribution in [1.29, 1.82) is 0 Å². The molecule has 1 heterocycles. The van der Waals surface area contributed by atoms with Gasteiger partial charge in [0.15, 0.2) is 0 Å². The van der Waals surface area contributed by atoms with Gasteiger partial charge in [-0.2, -0.15) is 5.10 Å². The number of aromatic nitrogens is 1. The molecule has 4 rings (SSSR count). The Morgan fingerprint density at radius 3 is 2.38 bits per heavy atom. The highest BCUT2D eigenvalue weighted by Crippen LogP contribution is 2.32. The summed E-state index contributed by atoms with van der Waals surface area (Å²) >= 11 is 0. The molecule has 0 saturated heterocycles. The van der Waals surface area contributed by atoms with E-state index in [1.165, 1.54) is 18.3 Å². The predicted octanol–water partition coefficient (Wildman–Crippen LogP) is 4.51. The fourth-order valence-electron chi connectivity index (χ4n) is 3.12. The molecule has 29 heavy (non-hydrogen) atoms. The number of nitro benzene ring substituents is 1. The SMILES string of the molecule is O=C(NN=Cc1ccc([N+](=O)[O-])cc1)c1[nH]c2ccccc2c1-c1ccccc1. The summed E-state index contributed by atoms with van der Waals surface area (Å²) in [5.74, 6) is -0.377. The number of nitro groups is 1. The highest BCUT2D eigenvalue weighted by atomic mass is 16.6. The molecule has 0 saturated carbocycles. The molecule has 1 amide bonds. The third kappa shape index (κ3) is 3.74. The molecular weight excluding hydrogens is 368 g/mol. The average molecular weight is 384 g/mol. The predicted molar refractivity (Wildman–Crippen MR) is 112 cm³/mol. The van der Waals surface area contributed by atoms with E-state index in [9.17, 15) is 14.9 Å². The fraction of sp³-hybridized carbons (Fsp3) is 0. The van der Waals surface area contributed by atoms with Crippen LogP contribution in [0.2, 0.25) is 0 Å². The molecule has 0 spiro atoms. The summed E-state index contributed by atoms with van der Waals surface area (Å²) in [6.07, 6.45) is 1.44. The number of nitrogens with one attached hydrogen (secondary N) is 2. The molecule has 0 atom stereocenters. The third-order valence-corrected chi connectivity index (χ3v) is 4.48. The number of hydrazone groups is 1. The van der Waals surface area contributed by atoms with E-state index >= 15 is 0 Å². The Morgan fingerprint density at radius 1 is 0.966 bits per heavy atom. The first-order valence-corrected chi connectivity index (χ1v) is 8.87. The molecule has 7 nitrogen and oxygen atoms in total. The smallest absolute Gasteiger partial charge is 0.288 e. The second kappa shape index (κ2) is 7.77. The lowest BCUT2D eigenvalue weighted by Crippen LogP contribution is -2.18. The Bertz CT molecular complexity index is 1210. The van der Waals surface area contributed by atoms with Crippen molar-refractivity contribution >= 4 is 28.7 Å².